The molecule has 1 aliphatic carbocycles. The number of hydrogen-bond acceptors (Lipinski definition) is 2. The number of hydrogen-bond donors (Lipinski definition) is 0. The second kappa shape index (κ2) is 17.1. The lowest BCUT2D eigenvalue weighted by atomic mass is 9.84. The highest BCUT2D eigenvalue weighted by atomic mass is 79.9. The van der Waals surface area contributed by atoms with Crippen molar-refractivity contribution in [1.82, 2.24) is 0 Å². The molecule has 0 aliphatic heterocycles. The van der Waals surface area contributed by atoms with E-state index < -0.39 is 0 Å². The lowest BCUT2D eigenvalue weighted by Crippen LogP contribution is -2.24. The Bertz CT molecular complexity index is 324. The zero-order chi connectivity index (χ0) is 18.9. The molecule has 0 radical (unpaired) electrons. The van der Waals surface area contributed by atoms with Crippen LogP contribution < -0.4 is 0 Å². The number of esters is 1. The molecule has 3 heteroatoms. The van der Waals surface area contributed by atoms with Crippen LogP contribution in [0.5, 0.6) is 0 Å². The summed E-state index contributed by atoms with van der Waals surface area (Å²) < 4.78 is 5.71. The molecular formula is C23H43BrO2. The van der Waals surface area contributed by atoms with E-state index in [1.165, 1.54) is 89.9 Å². The normalized spacial score (nSPS) is 20.2. The molecule has 0 unspecified atom stereocenters. The SMILES string of the molecule is CCCCCCCC1CCC(OC(=O)CCCCCCCCCBr)CC1. The van der Waals surface area contributed by atoms with Crippen LogP contribution in [0, 0.1) is 5.92 Å². The Balaban J connectivity index is 1.93. The molecule has 0 N–H and O–H groups in total. The van der Waals surface area contributed by atoms with Gasteiger partial charge in [-0.05, 0) is 44.4 Å². The predicted octanol–water partition coefficient (Wildman–Crippen LogP) is 7.96. The van der Waals surface area contributed by atoms with E-state index in [-0.39, 0.29) is 12.1 Å². The van der Waals surface area contributed by atoms with Gasteiger partial charge in [-0.15, -0.1) is 0 Å². The highest BCUT2D eigenvalue weighted by molar-refractivity contribution is 9.09. The van der Waals surface area contributed by atoms with Crippen LogP contribution in [0.2, 0.25) is 0 Å². The standard InChI is InChI=1S/C23H43BrO2/c1-2-3-4-8-11-14-21-16-18-22(19-17-21)26-23(25)15-12-9-6-5-7-10-13-20-24/h21-22H,2-20H2,1H3. The third kappa shape index (κ3) is 13.2. The Labute approximate surface area is 171 Å². The van der Waals surface area contributed by atoms with Crippen LogP contribution in [0.3, 0.4) is 0 Å². The maximum Gasteiger partial charge on any atom is 0.306 e. The zero-order valence-electron chi connectivity index (χ0n) is 17.3. The number of rotatable bonds is 16. The van der Waals surface area contributed by atoms with Crippen molar-refractivity contribution in [2.45, 2.75) is 129 Å². The van der Waals surface area contributed by atoms with Crippen molar-refractivity contribution in [3.63, 3.8) is 0 Å². The first-order chi connectivity index (χ1) is 12.8. The topological polar surface area (TPSA) is 26.3 Å². The summed E-state index contributed by atoms with van der Waals surface area (Å²) in [5.41, 5.74) is 0. The lowest BCUT2D eigenvalue weighted by molar-refractivity contribution is -0.151. The minimum Gasteiger partial charge on any atom is -0.462 e. The Kier molecular flexibility index (Phi) is 15.8. The number of ether oxygens (including phenoxy) is 1. The largest absolute Gasteiger partial charge is 0.462 e. The van der Waals surface area contributed by atoms with E-state index in [1.807, 2.05) is 0 Å². The molecular weight excluding hydrogens is 388 g/mol. The fraction of sp³-hybridized carbons (Fsp3) is 0.957. The number of carbonyl (C=O) groups is 1. The van der Waals surface area contributed by atoms with Gasteiger partial charge in [0, 0.05) is 11.8 Å². The molecule has 0 aromatic rings. The number of alkyl halides is 1. The maximum absolute atomic E-state index is 12.0. The van der Waals surface area contributed by atoms with Gasteiger partial charge in [0.1, 0.15) is 6.10 Å². The molecule has 2 nitrogen and oxygen atoms in total. The van der Waals surface area contributed by atoms with Crippen molar-refractivity contribution in [2.75, 3.05) is 5.33 Å². The molecule has 1 fully saturated rings. The zero-order valence-corrected chi connectivity index (χ0v) is 18.9. The first-order valence-electron chi connectivity index (χ1n) is 11.5. The van der Waals surface area contributed by atoms with Gasteiger partial charge < -0.3 is 4.74 Å². The molecule has 154 valence electrons. The number of unbranched alkanes of at least 4 members (excludes halogenated alkanes) is 10. The fourth-order valence-corrected chi connectivity index (χ4v) is 4.46. The van der Waals surface area contributed by atoms with Gasteiger partial charge in [0.25, 0.3) is 0 Å². The Hall–Kier alpha value is -0.0500. The third-order valence-corrected chi connectivity index (χ3v) is 6.38. The Morgan fingerprint density at radius 2 is 1.38 bits per heavy atom. The lowest BCUT2D eigenvalue weighted by Gasteiger charge is -2.28. The summed E-state index contributed by atoms with van der Waals surface area (Å²) in [6.07, 6.45) is 22.6. The highest BCUT2D eigenvalue weighted by Gasteiger charge is 2.23. The van der Waals surface area contributed by atoms with Gasteiger partial charge in [0.05, 0.1) is 0 Å². The van der Waals surface area contributed by atoms with Gasteiger partial charge in [-0.2, -0.15) is 0 Å². The molecule has 0 aromatic heterocycles. The molecule has 0 bridgehead atoms. The highest BCUT2D eigenvalue weighted by Crippen LogP contribution is 2.30. The summed E-state index contributed by atoms with van der Waals surface area (Å²) in [7, 11) is 0. The predicted molar refractivity (Wildman–Crippen MR) is 116 cm³/mol. The first-order valence-corrected chi connectivity index (χ1v) is 12.6. The molecule has 26 heavy (non-hydrogen) atoms. The van der Waals surface area contributed by atoms with Crippen molar-refractivity contribution < 1.29 is 9.53 Å². The maximum atomic E-state index is 12.0. The van der Waals surface area contributed by atoms with Crippen LogP contribution in [0.1, 0.15) is 122 Å². The number of halogens is 1. The smallest absolute Gasteiger partial charge is 0.306 e. The molecule has 1 aliphatic rings. The van der Waals surface area contributed by atoms with E-state index in [4.69, 9.17) is 4.74 Å². The van der Waals surface area contributed by atoms with E-state index in [1.54, 1.807) is 0 Å². The first kappa shape index (κ1) is 24.0. The van der Waals surface area contributed by atoms with E-state index in [2.05, 4.69) is 22.9 Å². The second-order valence-electron chi connectivity index (χ2n) is 8.25. The Morgan fingerprint density at radius 3 is 2.04 bits per heavy atom. The van der Waals surface area contributed by atoms with E-state index in [9.17, 15) is 4.79 Å². The van der Waals surface area contributed by atoms with Crippen molar-refractivity contribution in [3.8, 4) is 0 Å². The monoisotopic (exact) mass is 430 g/mol. The van der Waals surface area contributed by atoms with Gasteiger partial charge in [-0.1, -0.05) is 93.5 Å². The summed E-state index contributed by atoms with van der Waals surface area (Å²) in [5, 5.41) is 1.12. The van der Waals surface area contributed by atoms with Gasteiger partial charge in [0.15, 0.2) is 0 Å². The molecule has 0 heterocycles. The van der Waals surface area contributed by atoms with Crippen LogP contribution >= 0.6 is 15.9 Å². The summed E-state index contributed by atoms with van der Waals surface area (Å²) in [6, 6.07) is 0. The van der Waals surface area contributed by atoms with E-state index >= 15 is 0 Å². The summed E-state index contributed by atoms with van der Waals surface area (Å²) >= 11 is 3.47. The molecule has 1 rings (SSSR count). The van der Waals surface area contributed by atoms with Crippen molar-refractivity contribution in [3.05, 3.63) is 0 Å². The molecule has 0 aromatic carbocycles. The molecule has 0 atom stereocenters. The molecule has 0 saturated heterocycles. The van der Waals surface area contributed by atoms with Crippen molar-refractivity contribution in [2.24, 2.45) is 5.92 Å². The van der Waals surface area contributed by atoms with Crippen LogP contribution in [0.15, 0.2) is 0 Å². The van der Waals surface area contributed by atoms with E-state index in [0.717, 1.165) is 30.5 Å². The van der Waals surface area contributed by atoms with Crippen LogP contribution in [0.25, 0.3) is 0 Å². The third-order valence-electron chi connectivity index (χ3n) is 5.82. The van der Waals surface area contributed by atoms with Gasteiger partial charge in [-0.3, -0.25) is 4.79 Å². The van der Waals surface area contributed by atoms with Crippen molar-refractivity contribution >= 4 is 21.9 Å². The minimum absolute atomic E-state index is 0.0484. The van der Waals surface area contributed by atoms with Gasteiger partial charge >= 0.3 is 5.97 Å². The quantitative estimate of drug-likeness (QED) is 0.141. The van der Waals surface area contributed by atoms with Crippen molar-refractivity contribution in [1.29, 1.82) is 0 Å². The van der Waals surface area contributed by atoms with Crippen LogP contribution in [-0.4, -0.2) is 17.4 Å². The van der Waals surface area contributed by atoms with E-state index in [0.29, 0.717) is 6.42 Å². The van der Waals surface area contributed by atoms with Gasteiger partial charge in [-0.25, -0.2) is 0 Å². The number of carbonyl (C=O) groups excluding carboxylic acids is 1. The minimum atomic E-state index is 0.0484. The molecule has 0 spiro atoms. The average Bonchev–Trinajstić information content (AvgIpc) is 2.65. The second-order valence-corrected chi connectivity index (χ2v) is 9.04. The average molecular weight is 431 g/mol. The fourth-order valence-electron chi connectivity index (χ4n) is 4.07. The Morgan fingerprint density at radius 1 is 0.808 bits per heavy atom. The summed E-state index contributed by atoms with van der Waals surface area (Å²) in [4.78, 5) is 12.0. The van der Waals surface area contributed by atoms with Gasteiger partial charge in [0.2, 0.25) is 0 Å². The van der Waals surface area contributed by atoms with Crippen LogP contribution in [-0.2, 0) is 9.53 Å². The summed E-state index contributed by atoms with van der Waals surface area (Å²) in [6.45, 7) is 2.27. The van der Waals surface area contributed by atoms with Crippen LogP contribution in [0.4, 0.5) is 0 Å². The molecule has 0 amide bonds. The summed E-state index contributed by atoms with van der Waals surface area (Å²) in [5.74, 6) is 0.934. The molecule has 1 saturated carbocycles.